The third kappa shape index (κ3) is 5.71. The Morgan fingerprint density at radius 3 is 2.54 bits per heavy atom. The van der Waals surface area contributed by atoms with Gasteiger partial charge in [-0.3, -0.25) is 9.78 Å². The molecule has 6 nitrogen and oxygen atoms in total. The Balaban J connectivity index is 1.82. The van der Waals surface area contributed by atoms with Crippen molar-refractivity contribution in [1.29, 1.82) is 0 Å². The first-order chi connectivity index (χ1) is 19.2. The number of pyridine rings is 2. The third-order valence-electron chi connectivity index (χ3n) is 7.31. The molecule has 1 aliphatic rings. The summed E-state index contributed by atoms with van der Waals surface area (Å²) < 4.78 is 18.6. The fourth-order valence-corrected chi connectivity index (χ4v) is 5.44. The molecule has 0 unspecified atom stereocenters. The predicted molar refractivity (Wildman–Crippen MR) is 165 cm³/mol. The van der Waals surface area contributed by atoms with Crippen molar-refractivity contribution >= 4 is 33.3 Å². The van der Waals surface area contributed by atoms with Crippen molar-refractivity contribution in [2.24, 2.45) is 5.41 Å². The average molecular weight is 553 g/mol. The number of aromatic nitrogens is 2. The number of fused-ring (bicyclic) bond motifs is 1. The number of carbonyl (C=O) groups excluding carboxylic acids is 1. The number of rotatable bonds is 6. The number of allylic oxidation sites excluding steroid dienone is 1. The number of hydrogen-bond acceptors (Lipinski definition) is 6. The van der Waals surface area contributed by atoms with Crippen LogP contribution in [0.15, 0.2) is 49.2 Å². The maximum absolute atomic E-state index is 12.9. The van der Waals surface area contributed by atoms with Gasteiger partial charge in [0.2, 0.25) is 0 Å². The van der Waals surface area contributed by atoms with E-state index in [1.165, 1.54) is 5.56 Å². The van der Waals surface area contributed by atoms with Crippen LogP contribution in [-0.4, -0.2) is 34.8 Å². The van der Waals surface area contributed by atoms with Gasteiger partial charge in [-0.25, -0.2) is 4.98 Å². The fraction of sp³-hybridized carbons (Fsp3) is 0.400. The summed E-state index contributed by atoms with van der Waals surface area (Å²) in [5.41, 5.74) is 7.48. The molecule has 4 aromatic rings. The van der Waals surface area contributed by atoms with Gasteiger partial charge in [0.15, 0.2) is 0 Å². The minimum absolute atomic E-state index is 0.0851. The fourth-order valence-electron chi connectivity index (χ4n) is 5.44. The summed E-state index contributed by atoms with van der Waals surface area (Å²) in [6.07, 6.45) is 2.18. The van der Waals surface area contributed by atoms with E-state index in [2.05, 4.69) is 37.8 Å². The molecule has 0 bridgehead atoms. The third-order valence-corrected chi connectivity index (χ3v) is 7.31. The van der Waals surface area contributed by atoms with Gasteiger partial charge >= 0.3 is 5.97 Å². The number of hydrogen-bond donors (Lipinski definition) is 0. The number of esters is 1. The Morgan fingerprint density at radius 2 is 1.85 bits per heavy atom. The molecule has 5 rings (SSSR count). The second-order valence-electron chi connectivity index (χ2n) is 13.0. The normalized spacial score (nSPS) is 14.1. The standard InChI is InChI=1S/C35H40N2O4/c1-20(2)25-12-10-23-26(37-25)18-21(3)29(28(41-35(7,8)9)19-40-33(38)34(4,5)6)31(23)24-11-13-27-30-22(15-17-39-27)14-16-36-32(24)30/h10-14,16,18,28H,1,15,17,19H2,2-9H3/t28-/m1/s1. The quantitative estimate of drug-likeness (QED) is 0.225. The van der Waals surface area contributed by atoms with Crippen LogP contribution in [0.1, 0.15) is 77.0 Å². The summed E-state index contributed by atoms with van der Waals surface area (Å²) in [4.78, 5) is 22.7. The highest BCUT2D eigenvalue weighted by Gasteiger charge is 2.31. The first-order valence-corrected chi connectivity index (χ1v) is 14.2. The van der Waals surface area contributed by atoms with Gasteiger partial charge in [0.05, 0.1) is 34.4 Å². The lowest BCUT2D eigenvalue weighted by molar-refractivity contribution is -0.162. The number of nitrogens with zero attached hydrogens (tertiary/aromatic N) is 2. The SMILES string of the molecule is C=C(C)c1ccc2c(-c3ccc4c5c(ccnc35)CCO4)c([C@@H](COC(=O)C(C)(C)C)OC(C)(C)C)c(C)cc2n1. The zero-order chi connectivity index (χ0) is 29.7. The van der Waals surface area contributed by atoms with E-state index in [0.29, 0.717) is 6.61 Å². The summed E-state index contributed by atoms with van der Waals surface area (Å²) in [6, 6.07) is 12.4. The predicted octanol–water partition coefficient (Wildman–Crippen LogP) is 8.17. The number of benzene rings is 2. The lowest BCUT2D eigenvalue weighted by Crippen LogP contribution is -2.30. The molecule has 6 heteroatoms. The van der Waals surface area contributed by atoms with Crippen molar-refractivity contribution < 1.29 is 19.0 Å². The molecule has 0 spiro atoms. The van der Waals surface area contributed by atoms with E-state index in [4.69, 9.17) is 24.2 Å². The molecular formula is C35H40N2O4. The molecule has 0 amide bonds. The summed E-state index contributed by atoms with van der Waals surface area (Å²) in [7, 11) is 0. The molecule has 0 fully saturated rings. The van der Waals surface area contributed by atoms with Gasteiger partial charge in [-0.05, 0) is 114 Å². The maximum atomic E-state index is 12.9. The van der Waals surface area contributed by atoms with Crippen molar-refractivity contribution in [3.63, 3.8) is 0 Å². The number of aryl methyl sites for hydroxylation is 1. The number of ether oxygens (including phenoxy) is 3. The van der Waals surface area contributed by atoms with Crippen LogP contribution in [0, 0.1) is 12.3 Å². The molecule has 0 N–H and O–H groups in total. The highest BCUT2D eigenvalue weighted by Crippen LogP contribution is 2.45. The van der Waals surface area contributed by atoms with Crippen LogP contribution in [0.25, 0.3) is 38.5 Å². The van der Waals surface area contributed by atoms with Crippen LogP contribution < -0.4 is 4.74 Å². The summed E-state index contributed by atoms with van der Waals surface area (Å²) in [5.74, 6) is 0.578. The van der Waals surface area contributed by atoms with Crippen molar-refractivity contribution in [3.05, 3.63) is 71.6 Å². The Labute approximate surface area is 242 Å². The highest BCUT2D eigenvalue weighted by molar-refractivity contribution is 6.07. The Hall–Kier alpha value is -3.77. The van der Waals surface area contributed by atoms with E-state index in [1.807, 2.05) is 66.8 Å². The van der Waals surface area contributed by atoms with Gasteiger partial charge < -0.3 is 14.2 Å². The van der Waals surface area contributed by atoms with Crippen LogP contribution in [0.3, 0.4) is 0 Å². The molecule has 0 saturated carbocycles. The molecule has 2 aromatic carbocycles. The Kier molecular flexibility index (Phi) is 7.41. The molecular weight excluding hydrogens is 512 g/mol. The van der Waals surface area contributed by atoms with Crippen LogP contribution in [0.2, 0.25) is 0 Å². The molecule has 1 atom stereocenters. The minimum Gasteiger partial charge on any atom is -0.493 e. The average Bonchev–Trinajstić information content (AvgIpc) is 2.89. The van der Waals surface area contributed by atoms with Gasteiger partial charge in [0.25, 0.3) is 0 Å². The first kappa shape index (κ1) is 28.7. The largest absolute Gasteiger partial charge is 0.493 e. The second kappa shape index (κ2) is 10.6. The molecule has 41 heavy (non-hydrogen) atoms. The van der Waals surface area contributed by atoms with Gasteiger partial charge in [0, 0.05) is 29.0 Å². The van der Waals surface area contributed by atoms with Crippen molar-refractivity contribution in [2.45, 2.75) is 73.5 Å². The zero-order valence-electron chi connectivity index (χ0n) is 25.5. The molecule has 1 aliphatic heterocycles. The van der Waals surface area contributed by atoms with E-state index in [-0.39, 0.29) is 12.6 Å². The van der Waals surface area contributed by atoms with Crippen molar-refractivity contribution in [2.75, 3.05) is 13.2 Å². The Bertz CT molecular complexity index is 1660. The zero-order valence-corrected chi connectivity index (χ0v) is 25.5. The second-order valence-corrected chi connectivity index (χ2v) is 13.0. The minimum atomic E-state index is -0.628. The van der Waals surface area contributed by atoms with Crippen molar-refractivity contribution in [1.82, 2.24) is 9.97 Å². The smallest absolute Gasteiger partial charge is 0.311 e. The summed E-state index contributed by atoms with van der Waals surface area (Å²) >= 11 is 0. The maximum Gasteiger partial charge on any atom is 0.311 e. The van der Waals surface area contributed by atoms with E-state index in [1.54, 1.807) is 0 Å². The molecule has 214 valence electrons. The molecule has 2 aromatic heterocycles. The van der Waals surface area contributed by atoms with Crippen LogP contribution in [0.4, 0.5) is 0 Å². The summed E-state index contributed by atoms with van der Waals surface area (Å²) in [5, 5.41) is 2.01. The van der Waals surface area contributed by atoms with Gasteiger partial charge in [-0.1, -0.05) is 12.6 Å². The van der Waals surface area contributed by atoms with Gasteiger partial charge in [-0.2, -0.15) is 0 Å². The van der Waals surface area contributed by atoms with Crippen LogP contribution in [0.5, 0.6) is 5.75 Å². The van der Waals surface area contributed by atoms with Crippen LogP contribution in [-0.2, 0) is 20.7 Å². The Morgan fingerprint density at radius 1 is 1.10 bits per heavy atom. The molecule has 0 radical (unpaired) electrons. The molecule has 3 heterocycles. The van der Waals surface area contributed by atoms with Crippen LogP contribution >= 0.6 is 0 Å². The van der Waals surface area contributed by atoms with E-state index in [0.717, 1.165) is 67.5 Å². The summed E-state index contributed by atoms with van der Waals surface area (Å²) in [6.45, 7) is 20.5. The van der Waals surface area contributed by atoms with Gasteiger partial charge in [-0.15, -0.1) is 0 Å². The van der Waals surface area contributed by atoms with Gasteiger partial charge in [0.1, 0.15) is 18.5 Å². The monoisotopic (exact) mass is 552 g/mol. The lowest BCUT2D eigenvalue weighted by Gasteiger charge is -2.31. The number of carbonyl (C=O) groups is 1. The molecule has 0 saturated heterocycles. The topological polar surface area (TPSA) is 70.5 Å². The lowest BCUT2D eigenvalue weighted by atomic mass is 9.86. The molecule has 0 aliphatic carbocycles. The first-order valence-electron chi connectivity index (χ1n) is 14.2. The van der Waals surface area contributed by atoms with E-state index in [9.17, 15) is 4.79 Å². The highest BCUT2D eigenvalue weighted by atomic mass is 16.6. The van der Waals surface area contributed by atoms with E-state index < -0.39 is 17.1 Å². The van der Waals surface area contributed by atoms with Crippen molar-refractivity contribution in [3.8, 4) is 16.9 Å². The van der Waals surface area contributed by atoms with E-state index >= 15 is 0 Å².